The first-order chi connectivity index (χ1) is 7.88. The van der Waals surface area contributed by atoms with Crippen molar-refractivity contribution in [3.63, 3.8) is 0 Å². The third kappa shape index (κ3) is 6.24. The lowest BCUT2D eigenvalue weighted by atomic mass is 10.3. The molecule has 0 fully saturated rings. The van der Waals surface area contributed by atoms with E-state index in [1.807, 2.05) is 0 Å². The highest BCUT2D eigenvalue weighted by molar-refractivity contribution is 9.10. The summed E-state index contributed by atoms with van der Waals surface area (Å²) in [5, 5.41) is 0. The highest BCUT2D eigenvalue weighted by Gasteiger charge is 2.05. The summed E-state index contributed by atoms with van der Waals surface area (Å²) >= 11 is 3.22. The molecule has 0 saturated heterocycles. The van der Waals surface area contributed by atoms with Crippen molar-refractivity contribution in [3.05, 3.63) is 28.5 Å². The molecule has 0 aliphatic heterocycles. The van der Waals surface area contributed by atoms with Crippen LogP contribution < -0.4 is 4.74 Å². The average Bonchev–Trinajstić information content (AvgIpc) is 2.21. The van der Waals surface area contributed by atoms with Crippen molar-refractivity contribution >= 4 is 35.7 Å². The third-order valence-electron chi connectivity index (χ3n) is 1.93. The van der Waals surface area contributed by atoms with Gasteiger partial charge >= 0.3 is 0 Å². The molecule has 0 radical (unpaired) electrons. The molecule has 7 heteroatoms. The van der Waals surface area contributed by atoms with Gasteiger partial charge in [-0.05, 0) is 40.9 Å². The van der Waals surface area contributed by atoms with E-state index in [4.69, 9.17) is 15.4 Å². The van der Waals surface area contributed by atoms with E-state index < -0.39 is 9.05 Å². The Balaban J connectivity index is 2.34. The molecule has 1 aromatic carbocycles. The second-order valence-electron chi connectivity index (χ2n) is 3.37. The lowest BCUT2D eigenvalue weighted by molar-refractivity contribution is 0.306. The minimum atomic E-state index is -3.44. The molecule has 0 aliphatic carbocycles. The predicted octanol–water partition coefficient (Wildman–Crippen LogP) is 3.32. The molecule has 1 aromatic rings. The Morgan fingerprint density at radius 2 is 2.06 bits per heavy atom. The molecule has 0 amide bonds. The largest absolute Gasteiger partial charge is 0.492 e. The van der Waals surface area contributed by atoms with E-state index in [0.717, 1.165) is 0 Å². The van der Waals surface area contributed by atoms with Gasteiger partial charge in [0.2, 0.25) is 9.05 Å². The van der Waals surface area contributed by atoms with Gasteiger partial charge in [-0.2, -0.15) is 0 Å². The minimum Gasteiger partial charge on any atom is -0.492 e. The second-order valence-corrected chi connectivity index (χ2v) is 7.12. The Bertz CT molecular complexity index is 478. The average molecular weight is 346 g/mol. The summed E-state index contributed by atoms with van der Waals surface area (Å²) in [7, 11) is 1.61. The third-order valence-corrected chi connectivity index (χ3v) is 3.83. The number of ether oxygens (including phenoxy) is 1. The molecule has 0 spiro atoms. The van der Waals surface area contributed by atoms with Crippen LogP contribution in [-0.4, -0.2) is 20.8 Å². The van der Waals surface area contributed by atoms with Crippen molar-refractivity contribution < 1.29 is 17.5 Å². The van der Waals surface area contributed by atoms with Crippen molar-refractivity contribution in [3.8, 4) is 5.75 Å². The van der Waals surface area contributed by atoms with Crippen molar-refractivity contribution in [2.45, 2.75) is 12.8 Å². The molecule has 17 heavy (non-hydrogen) atoms. The number of unbranched alkanes of at least 4 members (excludes halogenated alkanes) is 1. The zero-order valence-electron chi connectivity index (χ0n) is 8.83. The lowest BCUT2D eigenvalue weighted by Gasteiger charge is -2.07. The van der Waals surface area contributed by atoms with Gasteiger partial charge in [0.05, 0.1) is 16.8 Å². The summed E-state index contributed by atoms with van der Waals surface area (Å²) in [6.07, 6.45) is 0.952. The normalized spacial score (nSPS) is 11.5. The quantitative estimate of drug-likeness (QED) is 0.587. The van der Waals surface area contributed by atoms with E-state index in [9.17, 15) is 12.8 Å². The highest BCUT2D eigenvalue weighted by atomic mass is 79.9. The minimum absolute atomic E-state index is 0.0811. The van der Waals surface area contributed by atoms with Crippen molar-refractivity contribution in [2.24, 2.45) is 0 Å². The summed E-state index contributed by atoms with van der Waals surface area (Å²) < 4.78 is 40.1. The molecule has 3 nitrogen and oxygen atoms in total. The Hall–Kier alpha value is -0.330. The van der Waals surface area contributed by atoms with Gasteiger partial charge in [0.25, 0.3) is 0 Å². The van der Waals surface area contributed by atoms with Crippen LogP contribution in [0.2, 0.25) is 0 Å². The molecule has 1 rings (SSSR count). The van der Waals surface area contributed by atoms with Gasteiger partial charge < -0.3 is 4.74 Å². The van der Waals surface area contributed by atoms with Crippen LogP contribution in [0, 0.1) is 5.82 Å². The van der Waals surface area contributed by atoms with Gasteiger partial charge in [0.1, 0.15) is 11.6 Å². The van der Waals surface area contributed by atoms with Gasteiger partial charge in [-0.25, -0.2) is 12.8 Å². The molecule has 0 saturated carbocycles. The van der Waals surface area contributed by atoms with Gasteiger partial charge in [-0.3, -0.25) is 0 Å². The fourth-order valence-electron chi connectivity index (χ4n) is 1.15. The maximum atomic E-state index is 12.9. The van der Waals surface area contributed by atoms with Crippen LogP contribution in [0.5, 0.6) is 5.75 Å². The van der Waals surface area contributed by atoms with Crippen LogP contribution in [0.15, 0.2) is 22.7 Å². The van der Waals surface area contributed by atoms with Gasteiger partial charge in [0, 0.05) is 16.7 Å². The molecule has 0 atom stereocenters. The smallest absolute Gasteiger partial charge is 0.232 e. The van der Waals surface area contributed by atoms with E-state index in [1.54, 1.807) is 6.07 Å². The molecule has 0 aliphatic rings. The maximum absolute atomic E-state index is 12.9. The SMILES string of the molecule is O=S(=O)(Cl)CCCCOc1cc(F)ccc1Br. The zero-order valence-corrected chi connectivity index (χ0v) is 12.0. The number of hydrogen-bond acceptors (Lipinski definition) is 3. The Labute approximate surface area is 112 Å². The van der Waals surface area contributed by atoms with Gasteiger partial charge in [-0.1, -0.05) is 0 Å². The van der Waals surface area contributed by atoms with Crippen LogP contribution in [0.3, 0.4) is 0 Å². The summed E-state index contributed by atoms with van der Waals surface area (Å²) in [4.78, 5) is 0. The molecule has 0 unspecified atom stereocenters. The fraction of sp³-hybridized carbons (Fsp3) is 0.400. The molecule has 0 bridgehead atoms. The number of hydrogen-bond donors (Lipinski definition) is 0. The van der Waals surface area contributed by atoms with E-state index in [2.05, 4.69) is 15.9 Å². The van der Waals surface area contributed by atoms with E-state index in [0.29, 0.717) is 29.7 Å². The summed E-state index contributed by atoms with van der Waals surface area (Å²) in [5.41, 5.74) is 0. The van der Waals surface area contributed by atoms with Crippen molar-refractivity contribution in [1.82, 2.24) is 0 Å². The Kier molecular flexibility index (Phi) is 5.69. The first-order valence-corrected chi connectivity index (χ1v) is 8.16. The Morgan fingerprint density at radius 3 is 2.71 bits per heavy atom. The number of rotatable bonds is 6. The molecule has 0 N–H and O–H groups in total. The van der Waals surface area contributed by atoms with Crippen LogP contribution in [0.4, 0.5) is 4.39 Å². The second kappa shape index (κ2) is 6.56. The summed E-state index contributed by atoms with van der Waals surface area (Å²) in [6, 6.07) is 4.13. The van der Waals surface area contributed by atoms with Crippen LogP contribution in [0.25, 0.3) is 0 Å². The molecular formula is C10H11BrClFO3S. The first kappa shape index (κ1) is 14.7. The van der Waals surface area contributed by atoms with Crippen molar-refractivity contribution in [2.75, 3.05) is 12.4 Å². The summed E-state index contributed by atoms with van der Waals surface area (Å²) in [6.45, 7) is 0.314. The topological polar surface area (TPSA) is 43.4 Å². The molecule has 96 valence electrons. The van der Waals surface area contributed by atoms with Gasteiger partial charge in [0.15, 0.2) is 0 Å². The van der Waals surface area contributed by atoms with E-state index in [-0.39, 0.29) is 11.6 Å². The molecule has 0 heterocycles. The molecule has 0 aromatic heterocycles. The van der Waals surface area contributed by atoms with Crippen LogP contribution in [0.1, 0.15) is 12.8 Å². The standard InChI is InChI=1S/C10H11BrClFO3S/c11-9-4-3-8(13)7-10(9)16-5-1-2-6-17(12,14)15/h3-4,7H,1-2,5-6H2. The molecular weight excluding hydrogens is 335 g/mol. The maximum Gasteiger partial charge on any atom is 0.232 e. The predicted molar refractivity (Wildman–Crippen MR) is 68.5 cm³/mol. The Morgan fingerprint density at radius 1 is 1.35 bits per heavy atom. The summed E-state index contributed by atoms with van der Waals surface area (Å²) in [5.74, 6) is -0.0623. The van der Waals surface area contributed by atoms with E-state index in [1.165, 1.54) is 12.1 Å². The monoisotopic (exact) mass is 344 g/mol. The zero-order chi connectivity index (χ0) is 12.9. The fourth-order valence-corrected chi connectivity index (χ4v) is 2.38. The lowest BCUT2D eigenvalue weighted by Crippen LogP contribution is -2.02. The first-order valence-electron chi connectivity index (χ1n) is 4.89. The van der Waals surface area contributed by atoms with Crippen molar-refractivity contribution in [1.29, 1.82) is 0 Å². The number of halogens is 3. The van der Waals surface area contributed by atoms with Crippen LogP contribution >= 0.6 is 26.6 Å². The van der Waals surface area contributed by atoms with E-state index >= 15 is 0 Å². The number of benzene rings is 1. The van der Waals surface area contributed by atoms with Crippen LogP contribution in [-0.2, 0) is 9.05 Å². The highest BCUT2D eigenvalue weighted by Crippen LogP contribution is 2.25. The van der Waals surface area contributed by atoms with Gasteiger partial charge in [-0.15, -0.1) is 0 Å².